The Morgan fingerprint density at radius 1 is 1.07 bits per heavy atom. The van der Waals surface area contributed by atoms with Gasteiger partial charge in [-0.2, -0.15) is 13.2 Å². The molecule has 0 aliphatic carbocycles. The van der Waals surface area contributed by atoms with Crippen LogP contribution >= 0.6 is 0 Å². The van der Waals surface area contributed by atoms with Crippen molar-refractivity contribution in [1.82, 2.24) is 5.32 Å². The SMILES string of the molecule is O=C(O)[C@H](Cc1ccc([N+](=O)[O-])cc1)NC(=O)[C@@H](O)c1ccc(C(F)(F)F)cc1. The van der Waals surface area contributed by atoms with Crippen molar-refractivity contribution in [1.29, 1.82) is 0 Å². The molecule has 0 aromatic heterocycles. The fourth-order valence-corrected chi connectivity index (χ4v) is 2.45. The van der Waals surface area contributed by atoms with Gasteiger partial charge >= 0.3 is 12.1 Å². The van der Waals surface area contributed by atoms with Crippen LogP contribution in [0, 0.1) is 10.1 Å². The van der Waals surface area contributed by atoms with Crippen LogP contribution in [0.1, 0.15) is 22.8 Å². The minimum atomic E-state index is -4.58. The number of aliphatic hydroxyl groups is 1. The van der Waals surface area contributed by atoms with Crippen LogP contribution in [-0.4, -0.2) is 33.1 Å². The molecule has 3 N–H and O–H groups in total. The number of benzene rings is 2. The molecule has 2 atom stereocenters. The molecule has 2 rings (SSSR count). The molecule has 154 valence electrons. The highest BCUT2D eigenvalue weighted by Crippen LogP contribution is 2.30. The van der Waals surface area contributed by atoms with Crippen molar-refractivity contribution in [3.63, 3.8) is 0 Å². The summed E-state index contributed by atoms with van der Waals surface area (Å²) in [5.41, 5.74) is -0.917. The summed E-state index contributed by atoms with van der Waals surface area (Å²) in [6.45, 7) is 0. The van der Waals surface area contributed by atoms with Gasteiger partial charge in [-0.05, 0) is 23.3 Å². The first-order valence-corrected chi connectivity index (χ1v) is 8.10. The van der Waals surface area contributed by atoms with Crippen molar-refractivity contribution in [3.05, 3.63) is 75.3 Å². The summed E-state index contributed by atoms with van der Waals surface area (Å²) in [5, 5.41) is 32.0. The minimum Gasteiger partial charge on any atom is -0.480 e. The van der Waals surface area contributed by atoms with Crippen LogP contribution in [0.25, 0.3) is 0 Å². The van der Waals surface area contributed by atoms with Gasteiger partial charge < -0.3 is 15.5 Å². The number of carbonyl (C=O) groups is 2. The number of nitro benzene ring substituents is 1. The lowest BCUT2D eigenvalue weighted by Crippen LogP contribution is -2.44. The predicted molar refractivity (Wildman–Crippen MR) is 92.8 cm³/mol. The zero-order valence-electron chi connectivity index (χ0n) is 14.6. The first kappa shape index (κ1) is 21.8. The Labute approximate surface area is 161 Å². The molecule has 0 saturated carbocycles. The van der Waals surface area contributed by atoms with Crippen LogP contribution < -0.4 is 5.32 Å². The molecule has 0 bridgehead atoms. The summed E-state index contributed by atoms with van der Waals surface area (Å²) in [6.07, 6.45) is -6.68. The number of hydrogen-bond acceptors (Lipinski definition) is 5. The summed E-state index contributed by atoms with van der Waals surface area (Å²) >= 11 is 0. The van der Waals surface area contributed by atoms with E-state index in [1.807, 2.05) is 0 Å². The first-order chi connectivity index (χ1) is 13.5. The summed E-state index contributed by atoms with van der Waals surface area (Å²) < 4.78 is 37.7. The number of alkyl halides is 3. The number of non-ortho nitro benzene ring substituents is 1. The fourth-order valence-electron chi connectivity index (χ4n) is 2.45. The zero-order valence-corrected chi connectivity index (χ0v) is 14.6. The first-order valence-electron chi connectivity index (χ1n) is 8.10. The summed E-state index contributed by atoms with van der Waals surface area (Å²) in [4.78, 5) is 33.6. The normalized spacial score (nSPS) is 13.4. The van der Waals surface area contributed by atoms with Crippen LogP contribution in [0.15, 0.2) is 48.5 Å². The third-order valence-electron chi connectivity index (χ3n) is 4.00. The Morgan fingerprint density at radius 3 is 2.07 bits per heavy atom. The van der Waals surface area contributed by atoms with Gasteiger partial charge in [-0.1, -0.05) is 24.3 Å². The summed E-state index contributed by atoms with van der Waals surface area (Å²) in [5.74, 6) is -2.53. The third-order valence-corrected chi connectivity index (χ3v) is 4.00. The third kappa shape index (κ3) is 5.75. The highest BCUT2D eigenvalue weighted by molar-refractivity contribution is 5.87. The van der Waals surface area contributed by atoms with Gasteiger partial charge in [-0.3, -0.25) is 14.9 Å². The molecule has 29 heavy (non-hydrogen) atoms. The highest BCUT2D eigenvalue weighted by atomic mass is 19.4. The van der Waals surface area contributed by atoms with E-state index in [4.69, 9.17) is 0 Å². The zero-order chi connectivity index (χ0) is 21.8. The standard InChI is InChI=1S/C18H15F3N2O6/c19-18(20,21)12-5-3-11(4-6-12)15(24)16(25)22-14(17(26)27)9-10-1-7-13(8-2-10)23(28)29/h1-8,14-15,24H,9H2,(H,22,25)(H,26,27)/t14-,15-/m0/s1. The van der Waals surface area contributed by atoms with E-state index in [9.17, 15) is 43.1 Å². The second-order valence-corrected chi connectivity index (χ2v) is 6.05. The van der Waals surface area contributed by atoms with E-state index in [1.165, 1.54) is 24.3 Å². The number of hydrogen-bond donors (Lipinski definition) is 3. The number of rotatable bonds is 7. The molecule has 0 saturated heterocycles. The maximum atomic E-state index is 12.6. The van der Waals surface area contributed by atoms with E-state index < -0.39 is 40.7 Å². The lowest BCUT2D eigenvalue weighted by Gasteiger charge is -2.18. The molecule has 0 aliphatic heterocycles. The molecule has 0 unspecified atom stereocenters. The lowest BCUT2D eigenvalue weighted by atomic mass is 10.0. The van der Waals surface area contributed by atoms with Gasteiger partial charge in [0.2, 0.25) is 0 Å². The highest BCUT2D eigenvalue weighted by Gasteiger charge is 2.31. The van der Waals surface area contributed by atoms with Gasteiger partial charge in [0.1, 0.15) is 6.04 Å². The van der Waals surface area contributed by atoms with Gasteiger partial charge in [0.05, 0.1) is 10.5 Å². The van der Waals surface area contributed by atoms with Crippen LogP contribution in [0.3, 0.4) is 0 Å². The van der Waals surface area contributed by atoms with E-state index in [2.05, 4.69) is 5.32 Å². The number of nitrogens with one attached hydrogen (secondary N) is 1. The number of aliphatic carboxylic acids is 1. The molecule has 1 amide bonds. The number of nitro groups is 1. The van der Waals surface area contributed by atoms with Crippen LogP contribution in [-0.2, 0) is 22.2 Å². The van der Waals surface area contributed by atoms with Crippen LogP contribution in [0.4, 0.5) is 18.9 Å². The van der Waals surface area contributed by atoms with Crippen molar-refractivity contribution in [2.45, 2.75) is 24.7 Å². The molecule has 0 radical (unpaired) electrons. The maximum absolute atomic E-state index is 12.6. The molecule has 11 heteroatoms. The molecule has 2 aromatic rings. The number of aliphatic hydroxyl groups excluding tert-OH is 1. The van der Waals surface area contributed by atoms with Crippen LogP contribution in [0.5, 0.6) is 0 Å². The Morgan fingerprint density at radius 2 is 1.62 bits per heavy atom. The van der Waals surface area contributed by atoms with Gasteiger partial charge in [0.25, 0.3) is 11.6 Å². The van der Waals surface area contributed by atoms with Crippen molar-refractivity contribution in [2.24, 2.45) is 0 Å². The Balaban J connectivity index is 2.08. The molecule has 0 spiro atoms. The van der Waals surface area contributed by atoms with Crippen molar-refractivity contribution in [3.8, 4) is 0 Å². The van der Waals surface area contributed by atoms with Crippen molar-refractivity contribution >= 4 is 17.6 Å². The number of amides is 1. The largest absolute Gasteiger partial charge is 0.480 e. The Bertz CT molecular complexity index is 897. The smallest absolute Gasteiger partial charge is 0.416 e. The fraction of sp³-hybridized carbons (Fsp3) is 0.222. The van der Waals surface area contributed by atoms with E-state index in [-0.39, 0.29) is 17.7 Å². The molecular formula is C18H15F3N2O6. The van der Waals surface area contributed by atoms with Crippen molar-refractivity contribution < 1.29 is 37.9 Å². The lowest BCUT2D eigenvalue weighted by molar-refractivity contribution is -0.384. The number of carboxylic acids is 1. The van der Waals surface area contributed by atoms with Gasteiger partial charge in [0.15, 0.2) is 6.10 Å². The maximum Gasteiger partial charge on any atom is 0.416 e. The Hall–Kier alpha value is -3.47. The second kappa shape index (κ2) is 8.69. The predicted octanol–water partition coefficient (Wildman–Crippen LogP) is 2.46. The monoisotopic (exact) mass is 412 g/mol. The molecular weight excluding hydrogens is 397 g/mol. The van der Waals surface area contributed by atoms with Crippen LogP contribution in [0.2, 0.25) is 0 Å². The molecule has 0 heterocycles. The van der Waals surface area contributed by atoms with E-state index in [1.54, 1.807) is 0 Å². The minimum absolute atomic E-state index is 0.144. The van der Waals surface area contributed by atoms with E-state index in [0.717, 1.165) is 12.1 Å². The molecule has 2 aromatic carbocycles. The summed E-state index contributed by atoms with van der Waals surface area (Å²) in [7, 11) is 0. The van der Waals surface area contributed by atoms with E-state index in [0.29, 0.717) is 17.7 Å². The molecule has 8 nitrogen and oxygen atoms in total. The van der Waals surface area contributed by atoms with Gasteiger partial charge in [-0.15, -0.1) is 0 Å². The summed E-state index contributed by atoms with van der Waals surface area (Å²) in [6, 6.07) is 6.75. The number of nitrogens with zero attached hydrogens (tertiary/aromatic N) is 1. The topological polar surface area (TPSA) is 130 Å². The van der Waals surface area contributed by atoms with Gasteiger partial charge in [-0.25, -0.2) is 4.79 Å². The quantitative estimate of drug-likeness (QED) is 0.473. The average molecular weight is 412 g/mol. The van der Waals surface area contributed by atoms with E-state index >= 15 is 0 Å². The molecule has 0 fully saturated rings. The number of carbonyl (C=O) groups excluding carboxylic acids is 1. The Kier molecular flexibility index (Phi) is 6.54. The number of carboxylic acid groups (broad SMARTS) is 1. The number of halogens is 3. The molecule has 0 aliphatic rings. The average Bonchev–Trinajstić information content (AvgIpc) is 2.66. The van der Waals surface area contributed by atoms with Crippen molar-refractivity contribution in [2.75, 3.05) is 0 Å². The van der Waals surface area contributed by atoms with Gasteiger partial charge in [0, 0.05) is 18.6 Å². The second-order valence-electron chi connectivity index (χ2n) is 6.05.